The van der Waals surface area contributed by atoms with E-state index in [-0.39, 0.29) is 5.56 Å². The van der Waals surface area contributed by atoms with Gasteiger partial charge in [0.1, 0.15) is 5.52 Å². The van der Waals surface area contributed by atoms with Crippen molar-refractivity contribution < 1.29 is 0 Å². The van der Waals surface area contributed by atoms with Gasteiger partial charge in [0.05, 0.1) is 5.69 Å². The van der Waals surface area contributed by atoms with Crippen LogP contribution in [0.1, 0.15) is 31.4 Å². The molecule has 0 radical (unpaired) electrons. The molecule has 1 aliphatic carbocycles. The lowest BCUT2D eigenvalue weighted by Gasteiger charge is -2.00. The van der Waals surface area contributed by atoms with Gasteiger partial charge in [-0.2, -0.15) is 5.10 Å². The van der Waals surface area contributed by atoms with Crippen molar-refractivity contribution in [3.63, 3.8) is 0 Å². The normalized spacial score (nSPS) is 16.1. The van der Waals surface area contributed by atoms with Gasteiger partial charge in [0.15, 0.2) is 0 Å². The minimum absolute atomic E-state index is 0.0550. The molecule has 4 nitrogen and oxygen atoms in total. The molecule has 1 fully saturated rings. The van der Waals surface area contributed by atoms with Crippen LogP contribution in [0.2, 0.25) is 0 Å². The summed E-state index contributed by atoms with van der Waals surface area (Å²) in [6.45, 7) is 2.68. The fourth-order valence-corrected chi connectivity index (χ4v) is 1.87. The zero-order valence-corrected chi connectivity index (χ0v) is 8.68. The molecule has 78 valence electrons. The Balaban J connectivity index is 2.25. The van der Waals surface area contributed by atoms with Gasteiger partial charge in [-0.1, -0.05) is 0 Å². The van der Waals surface area contributed by atoms with E-state index >= 15 is 0 Å². The zero-order chi connectivity index (χ0) is 10.4. The molecule has 1 aliphatic rings. The highest BCUT2D eigenvalue weighted by Gasteiger charge is 2.26. The largest absolute Gasteiger partial charge is 0.312 e. The molecule has 0 aromatic carbocycles. The van der Waals surface area contributed by atoms with E-state index in [1.807, 2.05) is 19.2 Å². The fourth-order valence-electron chi connectivity index (χ4n) is 1.87. The maximum absolute atomic E-state index is 11.9. The minimum Gasteiger partial charge on any atom is -0.312 e. The number of fused-ring (bicyclic) bond motifs is 1. The van der Waals surface area contributed by atoms with Crippen LogP contribution in [-0.4, -0.2) is 14.2 Å². The van der Waals surface area contributed by atoms with Crippen LogP contribution >= 0.6 is 0 Å². The van der Waals surface area contributed by atoms with Crippen LogP contribution in [0.4, 0.5) is 0 Å². The Morgan fingerprint density at radius 3 is 2.93 bits per heavy atom. The van der Waals surface area contributed by atoms with Crippen LogP contribution in [0.5, 0.6) is 0 Å². The first-order valence-corrected chi connectivity index (χ1v) is 5.38. The van der Waals surface area contributed by atoms with Crippen molar-refractivity contribution in [3.05, 3.63) is 34.5 Å². The fraction of sp³-hybridized carbons (Fsp3) is 0.455. The summed E-state index contributed by atoms with van der Waals surface area (Å²) in [6, 6.07) is 1.94. The summed E-state index contributed by atoms with van der Waals surface area (Å²) >= 11 is 0. The van der Waals surface area contributed by atoms with Gasteiger partial charge >= 0.3 is 0 Å². The molecule has 4 heteroatoms. The van der Waals surface area contributed by atoms with Gasteiger partial charge in [-0.05, 0) is 25.8 Å². The van der Waals surface area contributed by atoms with Gasteiger partial charge in [0.2, 0.25) is 0 Å². The Kier molecular flexibility index (Phi) is 1.71. The molecule has 0 spiro atoms. The molecule has 0 bridgehead atoms. The Morgan fingerprint density at radius 1 is 1.47 bits per heavy atom. The number of aryl methyl sites for hydroxylation is 1. The summed E-state index contributed by atoms with van der Waals surface area (Å²) in [7, 11) is 0. The number of hydrogen-bond donors (Lipinski definition) is 0. The van der Waals surface area contributed by atoms with Crippen molar-refractivity contribution in [2.45, 2.75) is 32.2 Å². The number of rotatable bonds is 2. The number of hydrogen-bond acceptors (Lipinski definition) is 2. The van der Waals surface area contributed by atoms with E-state index < -0.39 is 0 Å². The first-order valence-electron chi connectivity index (χ1n) is 5.38. The van der Waals surface area contributed by atoms with Crippen LogP contribution in [0.25, 0.3) is 5.52 Å². The molecular weight excluding hydrogens is 190 g/mol. The van der Waals surface area contributed by atoms with E-state index in [0.717, 1.165) is 5.69 Å². The Morgan fingerprint density at radius 2 is 2.27 bits per heavy atom. The standard InChI is InChI=1S/C11H13N3O/c1-2-13-5-6-14-10(11(13)15)7-9(12-14)8-3-4-8/h5-8H,2-4H2,1H3. The van der Waals surface area contributed by atoms with Gasteiger partial charge in [0, 0.05) is 24.9 Å². The molecule has 0 N–H and O–H groups in total. The van der Waals surface area contributed by atoms with Crippen LogP contribution in [0.15, 0.2) is 23.3 Å². The van der Waals surface area contributed by atoms with E-state index in [0.29, 0.717) is 18.0 Å². The van der Waals surface area contributed by atoms with Crippen molar-refractivity contribution in [1.82, 2.24) is 14.2 Å². The molecule has 0 amide bonds. The molecule has 0 unspecified atom stereocenters. The molecule has 2 aromatic heterocycles. The third-order valence-corrected chi connectivity index (χ3v) is 2.96. The Bertz CT molecular complexity index is 563. The molecule has 2 aromatic rings. The highest BCUT2D eigenvalue weighted by Crippen LogP contribution is 2.39. The van der Waals surface area contributed by atoms with Crippen molar-refractivity contribution in [2.75, 3.05) is 0 Å². The third-order valence-electron chi connectivity index (χ3n) is 2.96. The van der Waals surface area contributed by atoms with Gasteiger partial charge in [-0.15, -0.1) is 0 Å². The molecule has 2 heterocycles. The third kappa shape index (κ3) is 1.28. The van der Waals surface area contributed by atoms with Crippen molar-refractivity contribution >= 4 is 5.52 Å². The first kappa shape index (κ1) is 8.71. The summed E-state index contributed by atoms with van der Waals surface area (Å²) in [5.41, 5.74) is 1.82. The predicted octanol–water partition coefficient (Wildman–Crippen LogP) is 1.39. The van der Waals surface area contributed by atoms with Crippen LogP contribution < -0.4 is 5.56 Å². The second-order valence-electron chi connectivity index (χ2n) is 4.06. The minimum atomic E-state index is 0.0550. The quantitative estimate of drug-likeness (QED) is 0.740. The lowest BCUT2D eigenvalue weighted by Crippen LogP contribution is -2.20. The van der Waals surface area contributed by atoms with Crippen LogP contribution in [0, 0.1) is 0 Å². The maximum atomic E-state index is 11.9. The summed E-state index contributed by atoms with van der Waals surface area (Å²) in [4.78, 5) is 11.9. The lowest BCUT2D eigenvalue weighted by molar-refractivity contribution is 0.713. The summed E-state index contributed by atoms with van der Waals surface area (Å²) in [5, 5.41) is 4.41. The molecule has 1 saturated carbocycles. The Labute approximate surface area is 87.1 Å². The lowest BCUT2D eigenvalue weighted by atomic mass is 10.3. The first-order chi connectivity index (χ1) is 7.29. The summed E-state index contributed by atoms with van der Waals surface area (Å²) < 4.78 is 3.40. The second-order valence-corrected chi connectivity index (χ2v) is 4.06. The molecule has 15 heavy (non-hydrogen) atoms. The highest BCUT2D eigenvalue weighted by molar-refractivity contribution is 5.46. The maximum Gasteiger partial charge on any atom is 0.276 e. The smallest absolute Gasteiger partial charge is 0.276 e. The van der Waals surface area contributed by atoms with Crippen molar-refractivity contribution in [3.8, 4) is 0 Å². The van der Waals surface area contributed by atoms with E-state index in [2.05, 4.69) is 5.10 Å². The topological polar surface area (TPSA) is 39.3 Å². The molecule has 0 saturated heterocycles. The number of aromatic nitrogens is 3. The van der Waals surface area contributed by atoms with E-state index in [9.17, 15) is 4.79 Å². The van der Waals surface area contributed by atoms with Gasteiger partial charge in [0.25, 0.3) is 5.56 Å². The second kappa shape index (κ2) is 2.95. The summed E-state index contributed by atoms with van der Waals surface area (Å²) in [5.74, 6) is 0.597. The average molecular weight is 203 g/mol. The highest BCUT2D eigenvalue weighted by atomic mass is 16.1. The van der Waals surface area contributed by atoms with Crippen LogP contribution in [0.3, 0.4) is 0 Å². The molecular formula is C11H13N3O. The van der Waals surface area contributed by atoms with Crippen molar-refractivity contribution in [1.29, 1.82) is 0 Å². The van der Waals surface area contributed by atoms with E-state index in [1.165, 1.54) is 12.8 Å². The van der Waals surface area contributed by atoms with Crippen LogP contribution in [-0.2, 0) is 6.54 Å². The predicted molar refractivity (Wildman–Crippen MR) is 57.1 cm³/mol. The SMILES string of the molecule is CCn1ccn2nc(C3CC3)cc2c1=O. The molecule has 0 atom stereocenters. The molecule has 3 rings (SSSR count). The number of nitrogens with zero attached hydrogens (tertiary/aromatic N) is 3. The van der Waals surface area contributed by atoms with Gasteiger partial charge < -0.3 is 4.57 Å². The summed E-state index contributed by atoms with van der Waals surface area (Å²) in [6.07, 6.45) is 6.07. The zero-order valence-electron chi connectivity index (χ0n) is 8.68. The van der Waals surface area contributed by atoms with Crippen molar-refractivity contribution in [2.24, 2.45) is 0 Å². The van der Waals surface area contributed by atoms with E-state index in [4.69, 9.17) is 0 Å². The molecule has 0 aliphatic heterocycles. The van der Waals surface area contributed by atoms with Gasteiger partial charge in [-0.25, -0.2) is 4.52 Å². The Hall–Kier alpha value is -1.58. The average Bonchev–Trinajstić information content (AvgIpc) is 2.99. The van der Waals surface area contributed by atoms with E-state index in [1.54, 1.807) is 15.3 Å². The monoisotopic (exact) mass is 203 g/mol. The van der Waals surface area contributed by atoms with Gasteiger partial charge in [-0.3, -0.25) is 4.79 Å².